The minimum Gasteiger partial charge on any atom is -0.271 e. The summed E-state index contributed by atoms with van der Waals surface area (Å²) in [5, 5.41) is 4.95. The standard InChI is InChI=1S/C20H22F4N2O2S/c1-19(2)16(10-6-12-3-7-14(21)11-17(12)20(22,23)24)18(19)13-4-8-15(9-5-13)26-29(25,27)28/h3-5,7-9,11,16,18,26H,6,10H2,1-2H3,(H2,25,27,28). The minimum absolute atomic E-state index is 0.0908. The van der Waals surface area contributed by atoms with Gasteiger partial charge < -0.3 is 0 Å². The van der Waals surface area contributed by atoms with Crippen molar-refractivity contribution in [1.29, 1.82) is 0 Å². The SMILES string of the molecule is CC1(C)C(CCc2ccc(F)cc2C(F)(F)F)C1c1ccc(NS(N)(=O)=O)cc1. The second-order valence-electron chi connectivity index (χ2n) is 8.01. The molecule has 1 saturated carbocycles. The van der Waals surface area contributed by atoms with Crippen LogP contribution in [0, 0.1) is 17.2 Å². The Morgan fingerprint density at radius 1 is 1.10 bits per heavy atom. The Morgan fingerprint density at radius 2 is 1.72 bits per heavy atom. The predicted molar refractivity (Wildman–Crippen MR) is 103 cm³/mol. The Bertz CT molecular complexity index is 1000. The molecule has 0 amide bonds. The van der Waals surface area contributed by atoms with E-state index in [0.717, 1.165) is 11.6 Å². The molecule has 29 heavy (non-hydrogen) atoms. The third-order valence-corrected chi connectivity index (χ3v) is 6.20. The molecule has 2 atom stereocenters. The second-order valence-corrected chi connectivity index (χ2v) is 9.31. The van der Waals surface area contributed by atoms with E-state index in [1.54, 1.807) is 24.3 Å². The molecule has 2 aromatic carbocycles. The number of nitrogens with one attached hydrogen (secondary N) is 1. The summed E-state index contributed by atoms with van der Waals surface area (Å²) >= 11 is 0. The normalized spacial score (nSPS) is 21.1. The Balaban J connectivity index is 1.72. The largest absolute Gasteiger partial charge is 0.416 e. The summed E-state index contributed by atoms with van der Waals surface area (Å²) in [5.74, 6) is -0.606. The number of hydrogen-bond acceptors (Lipinski definition) is 2. The molecular formula is C20H22F4N2O2S. The van der Waals surface area contributed by atoms with Gasteiger partial charge in [0.2, 0.25) is 0 Å². The molecule has 0 radical (unpaired) electrons. The highest BCUT2D eigenvalue weighted by Crippen LogP contribution is 2.66. The lowest BCUT2D eigenvalue weighted by atomic mass is 9.98. The number of anilines is 1. The maximum absolute atomic E-state index is 13.3. The summed E-state index contributed by atoms with van der Waals surface area (Å²) in [7, 11) is -3.86. The first-order chi connectivity index (χ1) is 13.3. The van der Waals surface area contributed by atoms with Crippen molar-refractivity contribution in [3.05, 3.63) is 65.0 Å². The Morgan fingerprint density at radius 3 is 2.28 bits per heavy atom. The first kappa shape index (κ1) is 21.6. The summed E-state index contributed by atoms with van der Waals surface area (Å²) in [6, 6.07) is 9.59. The average molecular weight is 430 g/mol. The van der Waals surface area contributed by atoms with Gasteiger partial charge in [0.1, 0.15) is 5.82 Å². The smallest absolute Gasteiger partial charge is 0.271 e. The third kappa shape index (κ3) is 4.90. The Kier molecular flexibility index (Phi) is 5.42. The van der Waals surface area contributed by atoms with Crippen molar-refractivity contribution in [3.63, 3.8) is 0 Å². The van der Waals surface area contributed by atoms with Crippen LogP contribution in [0.2, 0.25) is 0 Å². The molecule has 1 aliphatic rings. The fourth-order valence-corrected chi connectivity index (χ4v) is 4.67. The zero-order valence-electron chi connectivity index (χ0n) is 15.9. The van der Waals surface area contributed by atoms with Crippen LogP contribution in [-0.4, -0.2) is 8.42 Å². The highest BCUT2D eigenvalue weighted by molar-refractivity contribution is 7.90. The first-order valence-corrected chi connectivity index (χ1v) is 10.6. The van der Waals surface area contributed by atoms with E-state index in [1.807, 2.05) is 13.8 Å². The van der Waals surface area contributed by atoms with Gasteiger partial charge in [0, 0.05) is 5.69 Å². The van der Waals surface area contributed by atoms with Crippen molar-refractivity contribution in [2.75, 3.05) is 4.72 Å². The van der Waals surface area contributed by atoms with E-state index in [2.05, 4.69) is 4.72 Å². The van der Waals surface area contributed by atoms with E-state index in [4.69, 9.17) is 5.14 Å². The first-order valence-electron chi connectivity index (χ1n) is 9.05. The van der Waals surface area contributed by atoms with Gasteiger partial charge in [-0.25, -0.2) is 9.53 Å². The molecule has 0 aliphatic heterocycles. The highest BCUT2D eigenvalue weighted by Gasteiger charge is 2.57. The topological polar surface area (TPSA) is 72.2 Å². The molecule has 0 aromatic heterocycles. The van der Waals surface area contributed by atoms with Crippen molar-refractivity contribution in [2.45, 2.75) is 38.8 Å². The van der Waals surface area contributed by atoms with Crippen LogP contribution in [0.25, 0.3) is 0 Å². The minimum atomic E-state index is -4.60. The number of benzene rings is 2. The van der Waals surface area contributed by atoms with E-state index in [9.17, 15) is 26.0 Å². The summed E-state index contributed by atoms with van der Waals surface area (Å²) in [4.78, 5) is 0. The van der Waals surface area contributed by atoms with Gasteiger partial charge in [-0.1, -0.05) is 32.0 Å². The van der Waals surface area contributed by atoms with Crippen molar-refractivity contribution in [2.24, 2.45) is 16.5 Å². The molecule has 1 aliphatic carbocycles. The van der Waals surface area contributed by atoms with Crippen LogP contribution in [0.5, 0.6) is 0 Å². The molecule has 9 heteroatoms. The second kappa shape index (κ2) is 7.28. The van der Waals surface area contributed by atoms with Crippen LogP contribution in [0.4, 0.5) is 23.2 Å². The molecule has 3 rings (SSSR count). The number of hydrogen-bond donors (Lipinski definition) is 2. The van der Waals surface area contributed by atoms with Gasteiger partial charge in [-0.3, -0.25) is 4.72 Å². The van der Waals surface area contributed by atoms with Crippen LogP contribution >= 0.6 is 0 Å². The van der Waals surface area contributed by atoms with Crippen LogP contribution in [-0.2, 0) is 22.8 Å². The molecule has 4 nitrogen and oxygen atoms in total. The van der Waals surface area contributed by atoms with E-state index < -0.39 is 27.8 Å². The molecule has 158 valence electrons. The molecule has 0 bridgehead atoms. The Hall–Kier alpha value is -2.13. The van der Waals surface area contributed by atoms with Gasteiger partial charge in [0.05, 0.1) is 5.56 Å². The lowest BCUT2D eigenvalue weighted by molar-refractivity contribution is -0.138. The summed E-state index contributed by atoms with van der Waals surface area (Å²) in [6.07, 6.45) is -3.86. The molecular weight excluding hydrogens is 408 g/mol. The van der Waals surface area contributed by atoms with Crippen LogP contribution in [0.3, 0.4) is 0 Å². The van der Waals surface area contributed by atoms with Crippen LogP contribution in [0.1, 0.15) is 42.9 Å². The highest BCUT2D eigenvalue weighted by atomic mass is 32.2. The van der Waals surface area contributed by atoms with Crippen molar-refractivity contribution in [1.82, 2.24) is 0 Å². The summed E-state index contributed by atoms with van der Waals surface area (Å²) < 4.78 is 77.2. The lowest BCUT2D eigenvalue weighted by Crippen LogP contribution is -2.21. The van der Waals surface area contributed by atoms with E-state index in [1.165, 1.54) is 6.07 Å². The van der Waals surface area contributed by atoms with E-state index >= 15 is 0 Å². The summed E-state index contributed by atoms with van der Waals surface area (Å²) in [5.41, 5.74) is 0.384. The quantitative estimate of drug-likeness (QED) is 0.644. The number of nitrogens with two attached hydrogens (primary N) is 1. The monoisotopic (exact) mass is 430 g/mol. The number of alkyl halides is 3. The zero-order chi connectivity index (χ0) is 21.6. The molecule has 0 heterocycles. The number of rotatable bonds is 6. The molecule has 3 N–H and O–H groups in total. The van der Waals surface area contributed by atoms with Crippen molar-refractivity contribution < 1.29 is 26.0 Å². The Labute approximate surface area is 167 Å². The maximum Gasteiger partial charge on any atom is 0.416 e. The fourth-order valence-electron chi connectivity index (χ4n) is 4.21. The van der Waals surface area contributed by atoms with Gasteiger partial charge in [0.15, 0.2) is 0 Å². The molecule has 1 fully saturated rings. The van der Waals surface area contributed by atoms with Crippen molar-refractivity contribution >= 4 is 15.9 Å². The van der Waals surface area contributed by atoms with Gasteiger partial charge in [-0.05, 0) is 65.5 Å². The van der Waals surface area contributed by atoms with Gasteiger partial charge in [0.25, 0.3) is 10.2 Å². The molecule has 2 aromatic rings. The van der Waals surface area contributed by atoms with Gasteiger partial charge in [-0.2, -0.15) is 21.6 Å². The maximum atomic E-state index is 13.3. The zero-order valence-corrected chi connectivity index (χ0v) is 16.7. The van der Waals surface area contributed by atoms with Crippen LogP contribution in [0.15, 0.2) is 42.5 Å². The molecule has 0 spiro atoms. The van der Waals surface area contributed by atoms with Crippen molar-refractivity contribution in [3.8, 4) is 0 Å². The summed E-state index contributed by atoms with van der Waals surface area (Å²) in [6.45, 7) is 4.10. The lowest BCUT2D eigenvalue weighted by Gasteiger charge is -2.13. The van der Waals surface area contributed by atoms with E-state index in [0.29, 0.717) is 18.2 Å². The predicted octanol–water partition coefficient (Wildman–Crippen LogP) is 4.83. The van der Waals surface area contributed by atoms with Crippen LogP contribution < -0.4 is 9.86 Å². The average Bonchev–Trinajstić information content (AvgIpc) is 3.13. The van der Waals surface area contributed by atoms with E-state index in [-0.39, 0.29) is 29.2 Å². The molecule has 2 unspecified atom stereocenters. The number of aryl methyl sites for hydroxylation is 1. The number of halogens is 4. The molecule has 0 saturated heterocycles. The fraction of sp³-hybridized carbons (Fsp3) is 0.400. The van der Waals surface area contributed by atoms with Gasteiger partial charge in [-0.15, -0.1) is 0 Å². The third-order valence-electron chi connectivity index (χ3n) is 5.68. The van der Waals surface area contributed by atoms with Gasteiger partial charge >= 0.3 is 6.18 Å².